The van der Waals surface area contributed by atoms with Gasteiger partial charge < -0.3 is 5.11 Å². The molecule has 0 spiro atoms. The van der Waals surface area contributed by atoms with Crippen LogP contribution in [0.3, 0.4) is 0 Å². The van der Waals surface area contributed by atoms with E-state index in [0.29, 0.717) is 5.56 Å². The molecule has 0 fully saturated rings. The van der Waals surface area contributed by atoms with Gasteiger partial charge in [-0.15, -0.1) is 0 Å². The molecule has 1 aromatic carbocycles. The second-order valence-electron chi connectivity index (χ2n) is 4.54. The van der Waals surface area contributed by atoms with Gasteiger partial charge in [0, 0.05) is 23.5 Å². The van der Waals surface area contributed by atoms with E-state index in [0.717, 1.165) is 5.56 Å². The molecule has 1 atom stereocenters. The second kappa shape index (κ2) is 6.53. The molecule has 1 heterocycles. The van der Waals surface area contributed by atoms with Crippen molar-refractivity contribution in [1.82, 2.24) is 9.71 Å². The van der Waals surface area contributed by atoms with Crippen molar-refractivity contribution >= 4 is 21.6 Å². The quantitative estimate of drug-likeness (QED) is 0.883. The van der Waals surface area contributed by atoms with Crippen LogP contribution in [0, 0.1) is 0 Å². The Kier molecular flexibility index (Phi) is 4.95. The summed E-state index contributed by atoms with van der Waals surface area (Å²) in [5.74, 6) is 0. The molecule has 2 rings (SSSR count). The highest BCUT2D eigenvalue weighted by Gasteiger charge is 2.19. The number of pyridine rings is 1. The molecule has 2 aromatic rings. The van der Waals surface area contributed by atoms with Crippen molar-refractivity contribution in [3.05, 3.63) is 58.9 Å². The van der Waals surface area contributed by atoms with E-state index in [1.54, 1.807) is 31.5 Å². The fourth-order valence-electron chi connectivity index (χ4n) is 1.82. The number of sulfonamides is 1. The summed E-state index contributed by atoms with van der Waals surface area (Å²) >= 11 is 5.93. The maximum atomic E-state index is 12.3. The highest BCUT2D eigenvalue weighted by atomic mass is 35.5. The van der Waals surface area contributed by atoms with E-state index in [1.165, 1.54) is 18.2 Å². The fourth-order valence-corrected chi connectivity index (χ4v) is 3.39. The zero-order valence-corrected chi connectivity index (χ0v) is 12.9. The minimum absolute atomic E-state index is 0.0560. The number of aliphatic hydroxyl groups is 1. The Labute approximate surface area is 128 Å². The zero-order chi connectivity index (χ0) is 15.5. The van der Waals surface area contributed by atoms with Crippen LogP contribution in [0.25, 0.3) is 0 Å². The number of aromatic nitrogens is 1. The molecule has 0 aliphatic rings. The largest absolute Gasteiger partial charge is 0.392 e. The van der Waals surface area contributed by atoms with Crippen molar-refractivity contribution in [3.63, 3.8) is 0 Å². The summed E-state index contributed by atoms with van der Waals surface area (Å²) in [6.07, 6.45) is 3.23. The zero-order valence-electron chi connectivity index (χ0n) is 11.3. The molecular formula is C14H15ClN2O3S. The number of halogens is 1. The first-order valence-corrected chi connectivity index (χ1v) is 8.11. The van der Waals surface area contributed by atoms with Gasteiger partial charge in [0.1, 0.15) is 0 Å². The standard InChI is InChI=1S/C14H15ClN2O3S/c1-10(11-3-2-6-16-8-11)17-21(19,20)13-5-4-12(9-18)14(15)7-13/h2-8,10,17-18H,9H2,1H3. The van der Waals surface area contributed by atoms with Crippen molar-refractivity contribution in [2.45, 2.75) is 24.5 Å². The molecule has 0 amide bonds. The van der Waals surface area contributed by atoms with Crippen LogP contribution in [0.1, 0.15) is 24.1 Å². The summed E-state index contributed by atoms with van der Waals surface area (Å²) in [6, 6.07) is 7.35. The SMILES string of the molecule is CC(NS(=O)(=O)c1ccc(CO)c(Cl)c1)c1cccnc1. The van der Waals surface area contributed by atoms with Crippen molar-refractivity contribution in [2.75, 3.05) is 0 Å². The summed E-state index contributed by atoms with van der Waals surface area (Å²) < 4.78 is 27.2. The number of rotatable bonds is 5. The average Bonchev–Trinajstić information content (AvgIpc) is 2.47. The Morgan fingerprint density at radius 1 is 1.38 bits per heavy atom. The molecule has 0 radical (unpaired) electrons. The van der Waals surface area contributed by atoms with E-state index in [-0.39, 0.29) is 16.5 Å². The Morgan fingerprint density at radius 3 is 2.71 bits per heavy atom. The number of hydrogen-bond acceptors (Lipinski definition) is 4. The summed E-state index contributed by atoms with van der Waals surface area (Å²) in [5, 5.41) is 9.27. The minimum atomic E-state index is -3.70. The van der Waals surface area contributed by atoms with Crippen molar-refractivity contribution < 1.29 is 13.5 Å². The Bertz CT molecular complexity index is 720. The highest BCUT2D eigenvalue weighted by Crippen LogP contribution is 2.22. The van der Waals surface area contributed by atoms with Gasteiger partial charge in [-0.1, -0.05) is 23.7 Å². The molecular weight excluding hydrogens is 312 g/mol. The molecule has 112 valence electrons. The van der Waals surface area contributed by atoms with Crippen LogP contribution in [-0.2, 0) is 16.6 Å². The summed E-state index contributed by atoms with van der Waals surface area (Å²) in [4.78, 5) is 4.02. The lowest BCUT2D eigenvalue weighted by atomic mass is 10.2. The molecule has 1 aromatic heterocycles. The minimum Gasteiger partial charge on any atom is -0.392 e. The lowest BCUT2D eigenvalue weighted by Gasteiger charge is -2.14. The van der Waals surface area contributed by atoms with Gasteiger partial charge in [0.05, 0.1) is 11.5 Å². The molecule has 0 saturated carbocycles. The molecule has 21 heavy (non-hydrogen) atoms. The smallest absolute Gasteiger partial charge is 0.241 e. The van der Waals surface area contributed by atoms with E-state index < -0.39 is 16.1 Å². The van der Waals surface area contributed by atoms with Gasteiger partial charge in [0.2, 0.25) is 10.0 Å². The maximum Gasteiger partial charge on any atom is 0.241 e. The van der Waals surface area contributed by atoms with Gasteiger partial charge in [0.15, 0.2) is 0 Å². The third-order valence-corrected chi connectivity index (χ3v) is 4.91. The first-order valence-electron chi connectivity index (χ1n) is 6.25. The molecule has 0 saturated heterocycles. The highest BCUT2D eigenvalue weighted by molar-refractivity contribution is 7.89. The van der Waals surface area contributed by atoms with Crippen LogP contribution in [0.4, 0.5) is 0 Å². The van der Waals surface area contributed by atoms with Gasteiger partial charge in [-0.05, 0) is 36.2 Å². The average molecular weight is 327 g/mol. The summed E-state index contributed by atoms with van der Waals surface area (Å²) in [7, 11) is -3.70. The number of aliphatic hydroxyl groups excluding tert-OH is 1. The number of hydrogen-bond donors (Lipinski definition) is 2. The van der Waals surface area contributed by atoms with Gasteiger partial charge >= 0.3 is 0 Å². The van der Waals surface area contributed by atoms with Crippen LogP contribution in [0.2, 0.25) is 5.02 Å². The number of nitrogens with one attached hydrogen (secondary N) is 1. The normalized spacial score (nSPS) is 13.1. The van der Waals surface area contributed by atoms with Gasteiger partial charge in [-0.3, -0.25) is 4.98 Å². The van der Waals surface area contributed by atoms with E-state index in [9.17, 15) is 8.42 Å². The summed E-state index contributed by atoms with van der Waals surface area (Å²) in [6.45, 7) is 1.50. The van der Waals surface area contributed by atoms with E-state index >= 15 is 0 Å². The lowest BCUT2D eigenvalue weighted by molar-refractivity contribution is 0.282. The molecule has 5 nitrogen and oxygen atoms in total. The van der Waals surface area contributed by atoms with Gasteiger partial charge in [0.25, 0.3) is 0 Å². The second-order valence-corrected chi connectivity index (χ2v) is 6.66. The van der Waals surface area contributed by atoms with Crippen LogP contribution >= 0.6 is 11.6 Å². The van der Waals surface area contributed by atoms with Crippen LogP contribution in [-0.4, -0.2) is 18.5 Å². The molecule has 0 aliphatic heterocycles. The Morgan fingerprint density at radius 2 is 2.14 bits per heavy atom. The monoisotopic (exact) mass is 326 g/mol. The van der Waals surface area contributed by atoms with Crippen molar-refractivity contribution in [1.29, 1.82) is 0 Å². The molecule has 2 N–H and O–H groups in total. The Hall–Kier alpha value is -1.47. The lowest BCUT2D eigenvalue weighted by Crippen LogP contribution is -2.27. The first-order chi connectivity index (χ1) is 9.94. The van der Waals surface area contributed by atoms with Gasteiger partial charge in [-0.25, -0.2) is 13.1 Å². The van der Waals surface area contributed by atoms with Crippen molar-refractivity contribution in [3.8, 4) is 0 Å². The van der Waals surface area contributed by atoms with Crippen LogP contribution < -0.4 is 4.72 Å². The molecule has 1 unspecified atom stereocenters. The Balaban J connectivity index is 2.24. The molecule has 7 heteroatoms. The third-order valence-electron chi connectivity index (χ3n) is 3.02. The number of nitrogens with zero attached hydrogens (tertiary/aromatic N) is 1. The number of benzene rings is 1. The first kappa shape index (κ1) is 15.9. The fraction of sp³-hybridized carbons (Fsp3) is 0.214. The van der Waals surface area contributed by atoms with Gasteiger partial charge in [-0.2, -0.15) is 0 Å². The van der Waals surface area contributed by atoms with Crippen molar-refractivity contribution in [2.24, 2.45) is 0 Å². The van der Waals surface area contributed by atoms with E-state index in [1.807, 2.05) is 0 Å². The predicted octanol–water partition coefficient (Wildman–Crippen LogP) is 2.27. The van der Waals surface area contributed by atoms with Crippen LogP contribution in [0.5, 0.6) is 0 Å². The third kappa shape index (κ3) is 3.79. The molecule has 0 aliphatic carbocycles. The molecule has 0 bridgehead atoms. The topological polar surface area (TPSA) is 79.3 Å². The predicted molar refractivity (Wildman–Crippen MR) is 80.3 cm³/mol. The van der Waals surface area contributed by atoms with E-state index in [4.69, 9.17) is 16.7 Å². The van der Waals surface area contributed by atoms with Crippen LogP contribution in [0.15, 0.2) is 47.6 Å². The van der Waals surface area contributed by atoms with E-state index in [2.05, 4.69) is 9.71 Å². The summed E-state index contributed by atoms with van der Waals surface area (Å²) in [5.41, 5.74) is 1.25. The maximum absolute atomic E-state index is 12.3.